The maximum absolute atomic E-state index is 12.8. The zero-order chi connectivity index (χ0) is 18.1. The number of benzene rings is 1. The van der Waals surface area contributed by atoms with Crippen LogP contribution in [0, 0.1) is 0 Å². The van der Waals surface area contributed by atoms with Crippen molar-refractivity contribution in [2.75, 3.05) is 7.11 Å². The Hall–Kier alpha value is -3.19. The third-order valence-electron chi connectivity index (χ3n) is 3.95. The van der Waals surface area contributed by atoms with Crippen LogP contribution in [0.15, 0.2) is 64.1 Å². The Labute approximate surface area is 152 Å². The molecule has 0 bridgehead atoms. The van der Waals surface area contributed by atoms with Gasteiger partial charge in [0.05, 0.1) is 25.4 Å². The molecule has 0 aliphatic heterocycles. The molecule has 0 unspecified atom stereocenters. The number of esters is 1. The minimum absolute atomic E-state index is 0.103. The van der Waals surface area contributed by atoms with Gasteiger partial charge in [-0.25, -0.2) is 9.78 Å². The molecule has 0 spiro atoms. The van der Waals surface area contributed by atoms with Crippen LogP contribution >= 0.6 is 11.3 Å². The Balaban J connectivity index is 1.68. The summed E-state index contributed by atoms with van der Waals surface area (Å²) in [6.45, 7) is 0.190. The van der Waals surface area contributed by atoms with Crippen LogP contribution in [0.5, 0.6) is 0 Å². The van der Waals surface area contributed by atoms with E-state index in [-0.39, 0.29) is 17.9 Å². The minimum atomic E-state index is -0.553. The van der Waals surface area contributed by atoms with Crippen LogP contribution in [0.25, 0.3) is 20.7 Å². The van der Waals surface area contributed by atoms with Crippen LogP contribution in [0.1, 0.15) is 16.3 Å². The number of furan rings is 1. The van der Waals surface area contributed by atoms with E-state index in [2.05, 4.69) is 9.72 Å². The Morgan fingerprint density at radius 3 is 2.81 bits per heavy atom. The molecule has 0 saturated carbocycles. The first-order valence-electron chi connectivity index (χ1n) is 7.87. The molecule has 3 aromatic heterocycles. The molecule has 0 atom stereocenters. The van der Waals surface area contributed by atoms with Crippen molar-refractivity contribution in [2.45, 2.75) is 6.54 Å². The molecule has 0 N–H and O–H groups in total. The maximum atomic E-state index is 12.8. The summed E-state index contributed by atoms with van der Waals surface area (Å²) in [6.07, 6.45) is 1.50. The lowest BCUT2D eigenvalue weighted by Crippen LogP contribution is -2.20. The molecule has 26 heavy (non-hydrogen) atoms. The van der Waals surface area contributed by atoms with Crippen LogP contribution < -0.4 is 5.56 Å². The van der Waals surface area contributed by atoms with Gasteiger partial charge in [-0.3, -0.25) is 9.36 Å². The van der Waals surface area contributed by atoms with Gasteiger partial charge in [0, 0.05) is 4.88 Å². The number of thiophene rings is 1. The Bertz CT molecular complexity index is 1140. The van der Waals surface area contributed by atoms with Gasteiger partial charge in [-0.1, -0.05) is 30.3 Å². The lowest BCUT2D eigenvalue weighted by atomic mass is 10.2. The molecular weight excluding hydrogens is 352 g/mol. The number of methoxy groups -OCH3 is 1. The number of nitrogens with zero attached hydrogens (tertiary/aromatic N) is 2. The van der Waals surface area contributed by atoms with Gasteiger partial charge in [-0.05, 0) is 23.8 Å². The molecule has 0 saturated heterocycles. The molecule has 7 heteroatoms. The van der Waals surface area contributed by atoms with E-state index < -0.39 is 5.97 Å². The molecular formula is C19H14N2O4S. The van der Waals surface area contributed by atoms with E-state index in [4.69, 9.17) is 4.42 Å². The third kappa shape index (κ3) is 2.93. The summed E-state index contributed by atoms with van der Waals surface area (Å²) in [4.78, 5) is 30.3. The number of hydrogen-bond donors (Lipinski definition) is 0. The van der Waals surface area contributed by atoms with Crippen molar-refractivity contribution < 1.29 is 13.9 Å². The number of aromatic nitrogens is 2. The van der Waals surface area contributed by atoms with E-state index in [1.807, 2.05) is 36.4 Å². The molecule has 0 fully saturated rings. The second-order valence-corrected chi connectivity index (χ2v) is 6.66. The predicted molar refractivity (Wildman–Crippen MR) is 98.5 cm³/mol. The van der Waals surface area contributed by atoms with Gasteiger partial charge >= 0.3 is 5.97 Å². The van der Waals surface area contributed by atoms with Crippen LogP contribution in [0.3, 0.4) is 0 Å². The van der Waals surface area contributed by atoms with E-state index >= 15 is 0 Å². The fourth-order valence-electron chi connectivity index (χ4n) is 2.66. The Kier molecular flexibility index (Phi) is 4.14. The second kappa shape index (κ2) is 6.61. The van der Waals surface area contributed by atoms with Crippen molar-refractivity contribution in [2.24, 2.45) is 0 Å². The van der Waals surface area contributed by atoms with Gasteiger partial charge in [-0.15, -0.1) is 11.3 Å². The zero-order valence-electron chi connectivity index (χ0n) is 13.8. The fourth-order valence-corrected chi connectivity index (χ4v) is 3.65. The maximum Gasteiger partial charge on any atom is 0.373 e. The first kappa shape index (κ1) is 16.3. The molecule has 0 radical (unpaired) electrons. The smallest absolute Gasteiger partial charge is 0.373 e. The first-order chi connectivity index (χ1) is 12.7. The van der Waals surface area contributed by atoms with Gasteiger partial charge in [-0.2, -0.15) is 0 Å². The highest BCUT2D eigenvalue weighted by Gasteiger charge is 2.14. The standard InChI is InChI=1S/C19H14N2O4S/c1-24-19(23)15-8-7-13(25-15)10-21-11-20-17-14(18(21)22)9-16(26-17)12-5-3-2-4-6-12/h2-9,11H,10H2,1H3. The number of carbonyl (C=O) groups is 1. The first-order valence-corrected chi connectivity index (χ1v) is 8.69. The number of ether oxygens (including phenoxy) is 1. The van der Waals surface area contributed by atoms with Crippen molar-refractivity contribution >= 4 is 27.5 Å². The number of fused-ring (bicyclic) bond motifs is 1. The van der Waals surface area contributed by atoms with Crippen LogP contribution in [0.2, 0.25) is 0 Å². The van der Waals surface area contributed by atoms with Crippen molar-refractivity contribution in [3.05, 3.63) is 76.7 Å². The number of carbonyl (C=O) groups excluding carboxylic acids is 1. The molecule has 0 amide bonds. The van der Waals surface area contributed by atoms with Gasteiger partial charge in [0.25, 0.3) is 5.56 Å². The SMILES string of the molecule is COC(=O)c1ccc(Cn2cnc3sc(-c4ccccc4)cc3c2=O)o1. The topological polar surface area (TPSA) is 74.3 Å². The normalized spacial score (nSPS) is 11.0. The lowest BCUT2D eigenvalue weighted by Gasteiger charge is -2.02. The average molecular weight is 366 g/mol. The van der Waals surface area contributed by atoms with Gasteiger partial charge in [0.15, 0.2) is 0 Å². The summed E-state index contributed by atoms with van der Waals surface area (Å²) >= 11 is 1.48. The van der Waals surface area contributed by atoms with E-state index in [0.29, 0.717) is 16.0 Å². The van der Waals surface area contributed by atoms with Crippen molar-refractivity contribution in [1.82, 2.24) is 9.55 Å². The summed E-state index contributed by atoms with van der Waals surface area (Å²) in [5, 5.41) is 0.566. The molecule has 4 rings (SSSR count). The molecule has 0 aliphatic carbocycles. The van der Waals surface area contributed by atoms with Crippen molar-refractivity contribution in [3.63, 3.8) is 0 Å². The summed E-state index contributed by atoms with van der Waals surface area (Å²) in [6, 6.07) is 14.9. The van der Waals surface area contributed by atoms with E-state index in [1.54, 1.807) is 6.07 Å². The lowest BCUT2D eigenvalue weighted by molar-refractivity contribution is 0.0563. The number of rotatable bonds is 4. The van der Waals surface area contributed by atoms with Crippen LogP contribution in [-0.2, 0) is 11.3 Å². The van der Waals surface area contributed by atoms with Crippen molar-refractivity contribution in [3.8, 4) is 10.4 Å². The summed E-state index contributed by atoms with van der Waals surface area (Å²) < 4.78 is 11.5. The summed E-state index contributed by atoms with van der Waals surface area (Å²) in [7, 11) is 1.29. The van der Waals surface area contributed by atoms with E-state index in [0.717, 1.165) is 10.4 Å². The highest BCUT2D eigenvalue weighted by Crippen LogP contribution is 2.30. The molecule has 3 heterocycles. The molecule has 0 aliphatic rings. The van der Waals surface area contributed by atoms with Crippen LogP contribution in [-0.4, -0.2) is 22.6 Å². The molecule has 4 aromatic rings. The third-order valence-corrected chi connectivity index (χ3v) is 5.04. The van der Waals surface area contributed by atoms with Gasteiger partial charge in [0.1, 0.15) is 10.6 Å². The molecule has 6 nitrogen and oxygen atoms in total. The summed E-state index contributed by atoms with van der Waals surface area (Å²) in [5.41, 5.74) is 0.902. The Morgan fingerprint density at radius 2 is 2.04 bits per heavy atom. The van der Waals surface area contributed by atoms with Crippen LogP contribution in [0.4, 0.5) is 0 Å². The number of hydrogen-bond acceptors (Lipinski definition) is 6. The summed E-state index contributed by atoms with van der Waals surface area (Å²) in [5.74, 6) is 0.0288. The molecule has 130 valence electrons. The highest BCUT2D eigenvalue weighted by atomic mass is 32.1. The van der Waals surface area contributed by atoms with E-state index in [1.165, 1.54) is 35.4 Å². The fraction of sp³-hybridized carbons (Fsp3) is 0.105. The Morgan fingerprint density at radius 1 is 1.23 bits per heavy atom. The predicted octanol–water partition coefficient (Wildman–Crippen LogP) is 3.55. The van der Waals surface area contributed by atoms with Crippen molar-refractivity contribution in [1.29, 1.82) is 0 Å². The van der Waals surface area contributed by atoms with E-state index in [9.17, 15) is 9.59 Å². The largest absolute Gasteiger partial charge is 0.463 e. The average Bonchev–Trinajstić information content (AvgIpc) is 3.32. The monoisotopic (exact) mass is 366 g/mol. The van der Waals surface area contributed by atoms with Gasteiger partial charge in [0.2, 0.25) is 5.76 Å². The highest BCUT2D eigenvalue weighted by molar-refractivity contribution is 7.21. The molecule has 1 aromatic carbocycles. The minimum Gasteiger partial charge on any atom is -0.463 e. The van der Waals surface area contributed by atoms with Gasteiger partial charge < -0.3 is 9.15 Å². The quantitative estimate of drug-likeness (QED) is 0.516. The zero-order valence-corrected chi connectivity index (χ0v) is 14.7. The second-order valence-electron chi connectivity index (χ2n) is 5.63.